The Morgan fingerprint density at radius 3 is 2.00 bits per heavy atom. The van der Waals surface area contributed by atoms with E-state index in [1.165, 1.54) is 0 Å². The van der Waals surface area contributed by atoms with E-state index in [4.69, 9.17) is 4.74 Å². The molecular formula is C7H15NO5S. The second kappa shape index (κ2) is 4.14. The molecule has 0 heterocycles. The Hall–Kier alpha value is -0.820. The minimum Gasteiger partial charge on any atom is -0.443 e. The summed E-state index contributed by atoms with van der Waals surface area (Å²) < 4.78 is 31.4. The minimum atomic E-state index is -4.01. The van der Waals surface area contributed by atoms with Gasteiger partial charge in [0.2, 0.25) is 0 Å². The number of rotatable bonds is 2. The van der Waals surface area contributed by atoms with Crippen molar-refractivity contribution in [1.82, 2.24) is 4.31 Å². The van der Waals surface area contributed by atoms with Crippen LogP contribution in [0.2, 0.25) is 0 Å². The lowest BCUT2D eigenvalue weighted by atomic mass is 10.2. The molecule has 0 atom stereocenters. The van der Waals surface area contributed by atoms with Gasteiger partial charge in [-0.05, 0) is 20.8 Å². The van der Waals surface area contributed by atoms with Crippen LogP contribution in [0.1, 0.15) is 20.8 Å². The van der Waals surface area contributed by atoms with Gasteiger partial charge in [-0.2, -0.15) is 12.7 Å². The van der Waals surface area contributed by atoms with Gasteiger partial charge in [0.1, 0.15) is 5.60 Å². The van der Waals surface area contributed by atoms with Gasteiger partial charge in [0.15, 0.2) is 0 Å². The van der Waals surface area contributed by atoms with Gasteiger partial charge in [-0.25, -0.2) is 4.79 Å². The Morgan fingerprint density at radius 2 is 1.71 bits per heavy atom. The minimum absolute atomic E-state index is 0.401. The van der Waals surface area contributed by atoms with Crippen molar-refractivity contribution in [2.45, 2.75) is 26.4 Å². The molecule has 0 N–H and O–H groups in total. The zero-order valence-electron chi connectivity index (χ0n) is 8.90. The van der Waals surface area contributed by atoms with E-state index in [2.05, 4.69) is 4.18 Å². The molecule has 0 radical (unpaired) electrons. The summed E-state index contributed by atoms with van der Waals surface area (Å²) in [5, 5.41) is 0. The first kappa shape index (κ1) is 13.2. The Balaban J connectivity index is 4.58. The highest BCUT2D eigenvalue weighted by molar-refractivity contribution is 7.84. The molecule has 0 aliphatic rings. The SMILES string of the molecule is COS(=O)(=O)N(C)C(=O)OC(C)(C)C. The van der Waals surface area contributed by atoms with E-state index in [1.54, 1.807) is 20.8 Å². The molecule has 0 aromatic rings. The van der Waals surface area contributed by atoms with Crippen LogP contribution in [0.25, 0.3) is 0 Å². The van der Waals surface area contributed by atoms with Crippen LogP contribution in [-0.4, -0.2) is 38.6 Å². The van der Waals surface area contributed by atoms with E-state index in [-0.39, 0.29) is 0 Å². The summed E-state index contributed by atoms with van der Waals surface area (Å²) in [6.45, 7) is 4.91. The monoisotopic (exact) mass is 225 g/mol. The van der Waals surface area contributed by atoms with Crippen molar-refractivity contribution in [3.05, 3.63) is 0 Å². The molecule has 0 bridgehead atoms. The van der Waals surface area contributed by atoms with Gasteiger partial charge >= 0.3 is 16.4 Å². The van der Waals surface area contributed by atoms with Gasteiger partial charge in [0, 0.05) is 7.05 Å². The fourth-order valence-corrected chi connectivity index (χ4v) is 0.973. The first-order valence-corrected chi connectivity index (χ1v) is 5.24. The summed E-state index contributed by atoms with van der Waals surface area (Å²) in [6, 6.07) is 0. The molecule has 6 nitrogen and oxygen atoms in total. The van der Waals surface area contributed by atoms with Gasteiger partial charge in [-0.3, -0.25) is 4.18 Å². The van der Waals surface area contributed by atoms with Gasteiger partial charge in [-0.1, -0.05) is 0 Å². The number of amides is 1. The molecule has 84 valence electrons. The van der Waals surface area contributed by atoms with Crippen molar-refractivity contribution >= 4 is 16.4 Å². The van der Waals surface area contributed by atoms with E-state index < -0.39 is 22.0 Å². The third kappa shape index (κ3) is 3.93. The van der Waals surface area contributed by atoms with E-state index in [9.17, 15) is 13.2 Å². The summed E-state index contributed by atoms with van der Waals surface area (Å²) >= 11 is 0. The molecule has 0 aliphatic carbocycles. The van der Waals surface area contributed by atoms with Crippen molar-refractivity contribution < 1.29 is 22.1 Å². The van der Waals surface area contributed by atoms with Crippen LogP contribution in [0.3, 0.4) is 0 Å². The van der Waals surface area contributed by atoms with Crippen LogP contribution >= 0.6 is 0 Å². The lowest BCUT2D eigenvalue weighted by Crippen LogP contribution is -2.38. The summed E-state index contributed by atoms with van der Waals surface area (Å²) in [4.78, 5) is 11.2. The Morgan fingerprint density at radius 1 is 1.29 bits per heavy atom. The molecule has 0 saturated heterocycles. The van der Waals surface area contributed by atoms with Crippen LogP contribution < -0.4 is 0 Å². The summed E-state index contributed by atoms with van der Waals surface area (Å²) in [5.41, 5.74) is -0.741. The van der Waals surface area contributed by atoms with E-state index in [0.717, 1.165) is 14.2 Å². The summed E-state index contributed by atoms with van der Waals surface area (Å²) in [5.74, 6) is 0. The zero-order valence-corrected chi connectivity index (χ0v) is 9.71. The van der Waals surface area contributed by atoms with E-state index >= 15 is 0 Å². The normalized spacial score (nSPS) is 12.4. The lowest BCUT2D eigenvalue weighted by Gasteiger charge is -2.23. The standard InChI is InChI=1S/C7H15NO5S/c1-7(2,3)13-6(9)8(4)14(10,11)12-5/h1-5H3. The predicted octanol–water partition coefficient (Wildman–Crippen LogP) is 0.744. The molecule has 14 heavy (non-hydrogen) atoms. The number of carbonyl (C=O) groups excluding carboxylic acids is 1. The molecule has 0 spiro atoms. The van der Waals surface area contributed by atoms with Crippen LogP contribution in [0.5, 0.6) is 0 Å². The molecule has 1 amide bonds. The lowest BCUT2D eigenvalue weighted by molar-refractivity contribution is 0.0406. The zero-order chi connectivity index (χ0) is 11.6. The highest BCUT2D eigenvalue weighted by atomic mass is 32.2. The number of hydrogen-bond acceptors (Lipinski definition) is 5. The summed E-state index contributed by atoms with van der Waals surface area (Å²) in [7, 11) is -1.98. The van der Waals surface area contributed by atoms with Crippen LogP contribution in [-0.2, 0) is 19.2 Å². The van der Waals surface area contributed by atoms with Crippen LogP contribution in [0.4, 0.5) is 4.79 Å². The third-order valence-electron chi connectivity index (χ3n) is 1.20. The number of nitrogens with zero attached hydrogens (tertiary/aromatic N) is 1. The van der Waals surface area contributed by atoms with Crippen LogP contribution in [0.15, 0.2) is 0 Å². The van der Waals surface area contributed by atoms with Gasteiger partial charge in [0.25, 0.3) is 0 Å². The Kier molecular flexibility index (Phi) is 3.90. The fraction of sp³-hybridized carbons (Fsp3) is 0.857. The van der Waals surface area contributed by atoms with Crippen molar-refractivity contribution in [2.75, 3.05) is 14.2 Å². The van der Waals surface area contributed by atoms with Crippen molar-refractivity contribution in [2.24, 2.45) is 0 Å². The molecule has 7 heteroatoms. The molecule has 0 aromatic carbocycles. The maximum absolute atomic E-state index is 11.2. The van der Waals surface area contributed by atoms with Crippen molar-refractivity contribution in [3.8, 4) is 0 Å². The highest BCUT2D eigenvalue weighted by Crippen LogP contribution is 2.11. The molecule has 0 rings (SSSR count). The van der Waals surface area contributed by atoms with E-state index in [0.29, 0.717) is 4.31 Å². The average Bonchev–Trinajstić information content (AvgIpc) is 2.00. The fourth-order valence-electron chi connectivity index (χ4n) is 0.529. The van der Waals surface area contributed by atoms with E-state index in [1.807, 2.05) is 0 Å². The number of ether oxygens (including phenoxy) is 1. The average molecular weight is 225 g/mol. The largest absolute Gasteiger partial charge is 0.443 e. The third-order valence-corrected chi connectivity index (χ3v) is 2.44. The second-order valence-electron chi connectivity index (χ2n) is 3.57. The first-order valence-electron chi connectivity index (χ1n) is 3.87. The number of hydrogen-bond donors (Lipinski definition) is 0. The molecular weight excluding hydrogens is 210 g/mol. The van der Waals surface area contributed by atoms with Crippen molar-refractivity contribution in [1.29, 1.82) is 0 Å². The smallest absolute Gasteiger partial charge is 0.425 e. The molecule has 0 aliphatic heterocycles. The summed E-state index contributed by atoms with van der Waals surface area (Å²) in [6.07, 6.45) is -0.973. The van der Waals surface area contributed by atoms with Gasteiger partial charge in [-0.15, -0.1) is 0 Å². The molecule has 0 fully saturated rings. The molecule has 0 aromatic heterocycles. The number of carbonyl (C=O) groups is 1. The van der Waals surface area contributed by atoms with Crippen LogP contribution in [0, 0.1) is 0 Å². The van der Waals surface area contributed by atoms with Gasteiger partial charge in [0.05, 0.1) is 7.11 Å². The Bertz CT molecular complexity index is 303. The second-order valence-corrected chi connectivity index (χ2v) is 5.31. The maximum atomic E-state index is 11.2. The highest BCUT2D eigenvalue weighted by Gasteiger charge is 2.27. The first-order chi connectivity index (χ1) is 6.10. The predicted molar refractivity (Wildman–Crippen MR) is 49.9 cm³/mol. The molecule has 0 saturated carbocycles. The van der Waals surface area contributed by atoms with Gasteiger partial charge < -0.3 is 4.74 Å². The maximum Gasteiger partial charge on any atom is 0.425 e. The van der Waals surface area contributed by atoms with Crippen molar-refractivity contribution in [3.63, 3.8) is 0 Å². The Labute approximate surface area is 84.0 Å². The topological polar surface area (TPSA) is 72.9 Å². The quantitative estimate of drug-likeness (QED) is 0.693. The molecule has 0 unspecified atom stereocenters.